The van der Waals surface area contributed by atoms with E-state index in [1.165, 1.54) is 11.0 Å². The topological polar surface area (TPSA) is 92.9 Å². The summed E-state index contributed by atoms with van der Waals surface area (Å²) in [7, 11) is 0. The zero-order valence-corrected chi connectivity index (χ0v) is 21.8. The SMILES string of the molecule is CCCC/C=C/C(=O)N1Cc2cc(OCCc3nc(/C=C/CC(C)C)oc3C)ccc2C[C@H]1C(=O)O. The number of unbranched alkanes of at least 4 members (excludes halogenated alkanes) is 2. The summed E-state index contributed by atoms with van der Waals surface area (Å²) in [6.45, 7) is 9.01. The number of oxazole rings is 1. The van der Waals surface area contributed by atoms with Crippen molar-refractivity contribution in [3.8, 4) is 5.75 Å². The molecule has 1 aliphatic heterocycles. The summed E-state index contributed by atoms with van der Waals surface area (Å²) in [5.41, 5.74) is 2.71. The molecule has 0 bridgehead atoms. The van der Waals surface area contributed by atoms with E-state index in [-0.39, 0.29) is 18.9 Å². The van der Waals surface area contributed by atoms with Crippen molar-refractivity contribution in [2.75, 3.05) is 6.61 Å². The van der Waals surface area contributed by atoms with E-state index >= 15 is 0 Å². The summed E-state index contributed by atoms with van der Waals surface area (Å²) >= 11 is 0. The van der Waals surface area contributed by atoms with Crippen LogP contribution in [0.15, 0.2) is 40.8 Å². The third-order valence-corrected chi connectivity index (χ3v) is 6.25. The number of aromatic nitrogens is 1. The minimum atomic E-state index is -0.988. The summed E-state index contributed by atoms with van der Waals surface area (Å²) < 4.78 is 11.7. The Morgan fingerprint density at radius 1 is 1.28 bits per heavy atom. The molecule has 0 aliphatic carbocycles. The first-order chi connectivity index (χ1) is 17.3. The van der Waals surface area contributed by atoms with Crippen molar-refractivity contribution in [2.24, 2.45) is 5.92 Å². The quantitative estimate of drug-likeness (QED) is 0.298. The summed E-state index contributed by atoms with van der Waals surface area (Å²) in [5.74, 6) is 1.41. The summed E-state index contributed by atoms with van der Waals surface area (Å²) in [6.07, 6.45) is 12.0. The minimum absolute atomic E-state index is 0.245. The van der Waals surface area contributed by atoms with E-state index in [2.05, 4.69) is 31.8 Å². The van der Waals surface area contributed by atoms with E-state index in [1.54, 1.807) is 0 Å². The second kappa shape index (κ2) is 13.1. The molecule has 36 heavy (non-hydrogen) atoms. The zero-order valence-electron chi connectivity index (χ0n) is 21.8. The zero-order chi connectivity index (χ0) is 26.1. The van der Waals surface area contributed by atoms with Gasteiger partial charge >= 0.3 is 5.97 Å². The Bertz CT molecular complexity index is 1100. The van der Waals surface area contributed by atoms with Crippen molar-refractivity contribution in [1.29, 1.82) is 0 Å². The van der Waals surface area contributed by atoms with Gasteiger partial charge in [0.15, 0.2) is 0 Å². The lowest BCUT2D eigenvalue weighted by atomic mass is 9.93. The predicted molar refractivity (Wildman–Crippen MR) is 140 cm³/mol. The Hall–Kier alpha value is -3.35. The number of fused-ring (bicyclic) bond motifs is 1. The van der Waals surface area contributed by atoms with E-state index in [9.17, 15) is 14.7 Å². The van der Waals surface area contributed by atoms with Gasteiger partial charge in [0.05, 0.1) is 12.3 Å². The molecule has 2 aromatic rings. The van der Waals surface area contributed by atoms with Gasteiger partial charge in [-0.3, -0.25) is 4.79 Å². The summed E-state index contributed by atoms with van der Waals surface area (Å²) in [6, 6.07) is 4.80. The lowest BCUT2D eigenvalue weighted by Gasteiger charge is -2.34. The first-order valence-electron chi connectivity index (χ1n) is 12.9. The molecule has 1 N–H and O–H groups in total. The van der Waals surface area contributed by atoms with Crippen LogP contribution in [0.4, 0.5) is 0 Å². The Morgan fingerprint density at radius 2 is 2.08 bits per heavy atom. The molecule has 3 rings (SSSR count). The standard InChI is InChI=1S/C29H38N2O5/c1-5-6-7-8-12-28(32)31-19-23-17-24(14-13-22(23)18-26(31)29(33)34)35-16-15-25-21(4)36-27(30-25)11-9-10-20(2)3/h8-9,11-14,17,20,26H,5-7,10,15-16,18-19H2,1-4H3,(H,33,34)/b11-9+,12-8+/t26-/m0/s1. The fraction of sp³-hybridized carbons (Fsp3) is 0.483. The van der Waals surface area contributed by atoms with Gasteiger partial charge in [-0.25, -0.2) is 9.78 Å². The number of amides is 1. The Balaban J connectivity index is 1.62. The number of carbonyl (C=O) groups is 2. The van der Waals surface area contributed by atoms with Crippen LogP contribution in [0.5, 0.6) is 5.75 Å². The molecule has 0 unspecified atom stereocenters. The maximum absolute atomic E-state index is 12.8. The summed E-state index contributed by atoms with van der Waals surface area (Å²) in [5, 5.41) is 9.71. The average molecular weight is 495 g/mol. The van der Waals surface area contributed by atoms with Crippen molar-refractivity contribution < 1.29 is 23.8 Å². The predicted octanol–water partition coefficient (Wildman–Crippen LogP) is 5.75. The van der Waals surface area contributed by atoms with Crippen LogP contribution in [0.2, 0.25) is 0 Å². The molecule has 1 atom stereocenters. The van der Waals surface area contributed by atoms with Gasteiger partial charge in [0.1, 0.15) is 17.6 Å². The van der Waals surface area contributed by atoms with Crippen LogP contribution in [0, 0.1) is 12.8 Å². The molecule has 194 valence electrons. The number of aryl methyl sites for hydroxylation is 1. The first-order valence-corrected chi connectivity index (χ1v) is 12.9. The average Bonchev–Trinajstić information content (AvgIpc) is 3.19. The number of carbonyl (C=O) groups excluding carboxylic acids is 1. The van der Waals surface area contributed by atoms with Crippen molar-refractivity contribution in [1.82, 2.24) is 9.88 Å². The molecule has 0 saturated carbocycles. The van der Waals surface area contributed by atoms with E-state index in [0.29, 0.717) is 30.6 Å². The number of ether oxygens (including phenoxy) is 1. The number of carboxylic acid groups (broad SMARTS) is 1. The van der Waals surface area contributed by atoms with E-state index in [4.69, 9.17) is 9.15 Å². The lowest BCUT2D eigenvalue weighted by Crippen LogP contribution is -2.48. The highest BCUT2D eigenvalue weighted by Gasteiger charge is 2.33. The van der Waals surface area contributed by atoms with Gasteiger partial charge in [0.2, 0.25) is 11.8 Å². The third-order valence-electron chi connectivity index (χ3n) is 6.25. The highest BCUT2D eigenvalue weighted by Crippen LogP contribution is 2.28. The van der Waals surface area contributed by atoms with Crippen molar-refractivity contribution in [3.05, 3.63) is 64.9 Å². The highest BCUT2D eigenvalue weighted by atomic mass is 16.5. The fourth-order valence-corrected chi connectivity index (χ4v) is 4.16. The van der Waals surface area contributed by atoms with E-state index in [1.807, 2.05) is 37.3 Å². The van der Waals surface area contributed by atoms with E-state index in [0.717, 1.165) is 48.3 Å². The first kappa shape index (κ1) is 27.2. The molecule has 1 amide bonds. The molecule has 0 spiro atoms. The number of hydrogen-bond acceptors (Lipinski definition) is 5. The highest BCUT2D eigenvalue weighted by molar-refractivity contribution is 5.91. The molecule has 7 nitrogen and oxygen atoms in total. The maximum atomic E-state index is 12.8. The second-order valence-electron chi connectivity index (χ2n) is 9.68. The van der Waals surface area contributed by atoms with Crippen molar-refractivity contribution in [3.63, 3.8) is 0 Å². The monoisotopic (exact) mass is 494 g/mol. The third kappa shape index (κ3) is 7.57. The molecule has 0 saturated heterocycles. The van der Waals surface area contributed by atoms with Crippen LogP contribution >= 0.6 is 0 Å². The largest absolute Gasteiger partial charge is 0.493 e. The molecular weight excluding hydrogens is 456 g/mol. The normalized spacial score (nSPS) is 15.7. The molecule has 1 aromatic carbocycles. The number of hydrogen-bond donors (Lipinski definition) is 1. The van der Waals surface area contributed by atoms with Crippen LogP contribution in [0.25, 0.3) is 6.08 Å². The minimum Gasteiger partial charge on any atom is -0.493 e. The molecule has 1 aromatic heterocycles. The van der Waals surface area contributed by atoms with Crippen molar-refractivity contribution >= 4 is 18.0 Å². The number of carboxylic acids is 1. The van der Waals surface area contributed by atoms with E-state index < -0.39 is 12.0 Å². The van der Waals surface area contributed by atoms with Gasteiger partial charge in [-0.2, -0.15) is 0 Å². The van der Waals surface area contributed by atoms with Gasteiger partial charge in [-0.05, 0) is 61.1 Å². The van der Waals surface area contributed by atoms with Crippen LogP contribution in [0.1, 0.15) is 74.9 Å². The number of rotatable bonds is 12. The second-order valence-corrected chi connectivity index (χ2v) is 9.68. The molecule has 1 aliphatic rings. The molecule has 7 heteroatoms. The van der Waals surface area contributed by atoms with Crippen LogP contribution in [0.3, 0.4) is 0 Å². The molecule has 0 fully saturated rings. The lowest BCUT2D eigenvalue weighted by molar-refractivity contribution is -0.149. The maximum Gasteiger partial charge on any atom is 0.326 e. The van der Waals surface area contributed by atoms with Crippen molar-refractivity contribution in [2.45, 2.75) is 78.8 Å². The van der Waals surface area contributed by atoms with Gasteiger partial charge in [0, 0.05) is 19.4 Å². The number of nitrogens with zero attached hydrogens (tertiary/aromatic N) is 2. The van der Waals surface area contributed by atoms with Crippen LogP contribution < -0.4 is 4.74 Å². The van der Waals surface area contributed by atoms with Crippen LogP contribution in [-0.4, -0.2) is 39.5 Å². The van der Waals surface area contributed by atoms with Crippen LogP contribution in [-0.2, 0) is 29.0 Å². The Labute approximate surface area is 213 Å². The summed E-state index contributed by atoms with van der Waals surface area (Å²) in [4.78, 5) is 30.6. The molecular formula is C29H38N2O5. The fourth-order valence-electron chi connectivity index (χ4n) is 4.16. The van der Waals surface area contributed by atoms with Gasteiger partial charge < -0.3 is 19.2 Å². The molecule has 2 heterocycles. The number of aliphatic carboxylic acids is 1. The van der Waals surface area contributed by atoms with Gasteiger partial charge in [-0.1, -0.05) is 51.8 Å². The smallest absolute Gasteiger partial charge is 0.326 e. The molecule has 0 radical (unpaired) electrons. The Kier molecular flexibility index (Phi) is 9.91. The number of allylic oxidation sites excluding steroid dienone is 2. The number of benzene rings is 1. The van der Waals surface area contributed by atoms with Gasteiger partial charge in [0.25, 0.3) is 0 Å². The Morgan fingerprint density at radius 3 is 2.81 bits per heavy atom. The van der Waals surface area contributed by atoms with Gasteiger partial charge in [-0.15, -0.1) is 0 Å².